The first-order valence-electron chi connectivity index (χ1n) is 38.3. The monoisotopic (exact) mass is 1730 g/mol. The molecule has 0 aliphatic rings. The molecule has 15 rings (SSSR count). The number of rotatable bonds is 8. The van der Waals surface area contributed by atoms with Gasteiger partial charge in [0.05, 0.1) is 27.0 Å². The molecule has 0 bridgehead atoms. The lowest BCUT2D eigenvalue weighted by atomic mass is 10.0. The molecule has 618 valence electrons. The molecule has 0 fully saturated rings. The standard InChI is InChI=1S/C22H14F4O.C22H12F3NS.C22H13F2NS.C21H14ClF.C21H14F2/c1-15-2-13-20(21(23)14-15)18-9-5-16(6-10-18)3-4-17-7-11-19(12-8-17)27-22(24,25)26;1-14-2-5-16(6-3-14)18-9-8-17(19(23)12-18)7-4-15-10-20(24)22(26-13-27)21(25)11-15;1-15-2-8-18(9-3-15)19-10-6-16(7-11-19)4-5-17-12-20(23)22(25-14-26)21(24)13-17;2*1-15-2-6-19(21(23)14-15)9-5-16-3-7-17(8-4-16)18-10-12-20(22)13-11-18/h2,5-14H,1H3;2-3,5-6,8-12H,1H3;2-3,6-13H,1H3;2*2-4,6-8,10-14H,1H3. The molecule has 0 N–H and O–H groups in total. The highest BCUT2D eigenvalue weighted by Crippen LogP contribution is 2.31. The minimum absolute atomic E-state index is 0.0651. The van der Waals surface area contributed by atoms with Crippen LogP contribution in [0.2, 0.25) is 5.02 Å². The van der Waals surface area contributed by atoms with Gasteiger partial charge in [-0.1, -0.05) is 234 Å². The van der Waals surface area contributed by atoms with Crippen molar-refractivity contribution in [2.45, 2.75) is 41.0 Å². The van der Waals surface area contributed by atoms with Crippen molar-refractivity contribution in [1.29, 1.82) is 0 Å². The van der Waals surface area contributed by atoms with E-state index in [0.717, 1.165) is 118 Å². The molecule has 18 heteroatoms. The van der Waals surface area contributed by atoms with Crippen LogP contribution in [-0.2, 0) is 0 Å². The molecule has 0 spiro atoms. The van der Waals surface area contributed by atoms with Crippen molar-refractivity contribution >= 4 is 57.7 Å². The first-order valence-corrected chi connectivity index (χ1v) is 39.5. The van der Waals surface area contributed by atoms with E-state index >= 15 is 0 Å². The third-order valence-electron chi connectivity index (χ3n) is 18.5. The summed E-state index contributed by atoms with van der Waals surface area (Å²) in [5.74, 6) is 22.9. The van der Waals surface area contributed by atoms with Crippen LogP contribution in [0.5, 0.6) is 5.75 Å². The van der Waals surface area contributed by atoms with Crippen molar-refractivity contribution in [2.24, 2.45) is 9.98 Å². The van der Waals surface area contributed by atoms with Crippen LogP contribution in [0.3, 0.4) is 0 Å². The summed E-state index contributed by atoms with van der Waals surface area (Å²) in [6, 6.07) is 89.6. The van der Waals surface area contributed by atoms with Crippen LogP contribution in [-0.4, -0.2) is 16.7 Å². The summed E-state index contributed by atoms with van der Waals surface area (Å²) in [5, 5.41) is 4.59. The Morgan fingerprint density at radius 3 is 0.857 bits per heavy atom. The number of hydrogen-bond donors (Lipinski definition) is 0. The summed E-state index contributed by atoms with van der Waals surface area (Å²) >= 11 is 14.6. The zero-order valence-electron chi connectivity index (χ0n) is 67.6. The van der Waals surface area contributed by atoms with Gasteiger partial charge in [0, 0.05) is 49.5 Å². The molecule has 0 saturated carbocycles. The molecule has 126 heavy (non-hydrogen) atoms. The second-order valence-corrected chi connectivity index (χ2v) is 28.8. The van der Waals surface area contributed by atoms with E-state index in [0.29, 0.717) is 27.8 Å². The summed E-state index contributed by atoms with van der Waals surface area (Å²) in [6.07, 6.45) is -4.72. The smallest absolute Gasteiger partial charge is 0.406 e. The quantitative estimate of drug-likeness (QED) is 0.0658. The number of alkyl halides is 3. The third kappa shape index (κ3) is 27.5. The molecule has 0 saturated heterocycles. The van der Waals surface area contributed by atoms with E-state index in [9.17, 15) is 52.7 Å². The number of aliphatic imine (C=N–C) groups is 2. The lowest BCUT2D eigenvalue weighted by Crippen LogP contribution is -2.16. The summed E-state index contributed by atoms with van der Waals surface area (Å²) in [4.78, 5) is 6.71. The molecule has 0 aliphatic heterocycles. The maximum atomic E-state index is 14.4. The Labute approximate surface area is 738 Å². The first kappa shape index (κ1) is 91.7. The predicted molar refractivity (Wildman–Crippen MR) is 486 cm³/mol. The van der Waals surface area contributed by atoms with Crippen LogP contribution >= 0.6 is 36.0 Å². The molecule has 15 aromatic rings. The second-order valence-electron chi connectivity index (χ2n) is 28.0. The van der Waals surface area contributed by atoms with Crippen LogP contribution < -0.4 is 4.74 Å². The number of nitrogens with zero attached hydrogens (tertiary/aromatic N) is 2. The van der Waals surface area contributed by atoms with Crippen LogP contribution in [0.4, 0.5) is 64.1 Å². The lowest BCUT2D eigenvalue weighted by Gasteiger charge is -2.08. The molecule has 0 atom stereocenters. The second kappa shape index (κ2) is 44.1. The van der Waals surface area contributed by atoms with Crippen molar-refractivity contribution in [1.82, 2.24) is 0 Å². The predicted octanol–water partition coefficient (Wildman–Crippen LogP) is 29.6. The van der Waals surface area contributed by atoms with Gasteiger partial charge in [-0.15, -0.1) is 13.2 Å². The zero-order valence-corrected chi connectivity index (χ0v) is 69.9. The van der Waals surface area contributed by atoms with E-state index in [1.54, 1.807) is 60.7 Å². The number of ether oxygens (including phenoxy) is 1. The van der Waals surface area contributed by atoms with E-state index in [-0.39, 0.29) is 45.7 Å². The van der Waals surface area contributed by atoms with Crippen LogP contribution in [0, 0.1) is 146 Å². The van der Waals surface area contributed by atoms with E-state index in [1.165, 1.54) is 72.3 Å². The van der Waals surface area contributed by atoms with Crippen molar-refractivity contribution in [3.63, 3.8) is 0 Å². The summed E-state index contributed by atoms with van der Waals surface area (Å²) in [7, 11) is 0. The van der Waals surface area contributed by atoms with E-state index < -0.39 is 46.8 Å². The number of thiocarbonyl (C=S) groups is 2. The fourth-order valence-corrected chi connectivity index (χ4v) is 12.2. The van der Waals surface area contributed by atoms with Crippen LogP contribution in [0.1, 0.15) is 83.5 Å². The number of isothiocyanates is 2. The largest absolute Gasteiger partial charge is 0.573 e. The third-order valence-corrected chi connectivity index (χ3v) is 18.9. The van der Waals surface area contributed by atoms with E-state index in [2.05, 4.69) is 123 Å². The maximum absolute atomic E-state index is 14.4. The van der Waals surface area contributed by atoms with Gasteiger partial charge in [0.2, 0.25) is 0 Å². The van der Waals surface area contributed by atoms with Crippen molar-refractivity contribution in [3.05, 3.63) is 456 Å². The van der Waals surface area contributed by atoms with Gasteiger partial charge in [0.25, 0.3) is 0 Å². The van der Waals surface area contributed by atoms with E-state index in [4.69, 9.17) is 11.6 Å². The zero-order chi connectivity index (χ0) is 89.8. The lowest BCUT2D eigenvalue weighted by molar-refractivity contribution is -0.274. The number of benzene rings is 15. The van der Waals surface area contributed by atoms with Crippen molar-refractivity contribution in [2.75, 3.05) is 0 Å². The van der Waals surface area contributed by atoms with Crippen molar-refractivity contribution < 1.29 is 57.4 Å². The highest BCUT2D eigenvalue weighted by molar-refractivity contribution is 7.78. The molecule has 0 amide bonds. The number of aryl methyl sites for hydroxylation is 5. The minimum atomic E-state index is -4.72. The van der Waals surface area contributed by atoms with Gasteiger partial charge in [-0.2, -0.15) is 9.98 Å². The Morgan fingerprint density at radius 2 is 0.516 bits per heavy atom. The molecule has 0 aliphatic carbocycles. The molecule has 0 unspecified atom stereocenters. The van der Waals surface area contributed by atoms with Gasteiger partial charge in [-0.05, 0) is 290 Å². The van der Waals surface area contributed by atoms with Gasteiger partial charge in [-0.25, -0.2) is 39.5 Å². The highest BCUT2D eigenvalue weighted by Gasteiger charge is 2.31. The van der Waals surface area contributed by atoms with Crippen LogP contribution in [0.15, 0.2) is 325 Å². The van der Waals surface area contributed by atoms with Crippen molar-refractivity contribution in [3.8, 4) is 121 Å². The maximum Gasteiger partial charge on any atom is 0.573 e. The summed E-state index contributed by atoms with van der Waals surface area (Å²) < 4.78 is 164. The highest BCUT2D eigenvalue weighted by atomic mass is 35.5. The molecule has 0 aromatic heterocycles. The van der Waals surface area contributed by atoms with Crippen LogP contribution in [0.25, 0.3) is 55.6 Å². The SMILES string of the molecule is Cc1ccc(-c2ccc(C#Cc3cc(F)c(N=C=S)c(F)c3)c(F)c2)cc1.Cc1ccc(-c2ccc(C#Cc3cc(F)c(N=C=S)c(F)c3)cc2)cc1.Cc1ccc(-c2ccc(C#Cc3ccc(OC(F)(F)F)cc3)cc2)c(F)c1.Cc1ccc(C#Cc2ccc(-c3ccc(Cl)cc3)cc2)c(F)c1.Cc1ccc(C#Cc2ccc(-c3ccc(F)cc3)cc2)c(F)c1. The Morgan fingerprint density at radius 1 is 0.254 bits per heavy atom. The van der Waals surface area contributed by atoms with E-state index in [1.807, 2.05) is 184 Å². The first-order chi connectivity index (χ1) is 60.6. The fraction of sp³-hybridized carbons (Fsp3) is 0.0556. The Bertz CT molecular complexity index is 6670. The Hall–Kier alpha value is -15.1. The number of hydrogen-bond acceptors (Lipinski definition) is 5. The minimum Gasteiger partial charge on any atom is -0.406 e. The average molecular weight is 1740 g/mol. The molecule has 0 heterocycles. The van der Waals surface area contributed by atoms with Gasteiger partial charge < -0.3 is 4.74 Å². The average Bonchev–Trinajstić information content (AvgIpc) is 0.804. The normalized spacial score (nSPS) is 10.1. The van der Waals surface area contributed by atoms with Gasteiger partial charge in [0.1, 0.15) is 46.2 Å². The topological polar surface area (TPSA) is 34.0 Å². The molecule has 0 radical (unpaired) electrons. The number of halogens is 13. The van der Waals surface area contributed by atoms with Gasteiger partial charge in [0.15, 0.2) is 23.3 Å². The Balaban J connectivity index is 0.000000153. The molecular formula is C108H67ClF12N2OS2. The molecule has 3 nitrogen and oxygen atoms in total. The van der Waals surface area contributed by atoms with Gasteiger partial charge >= 0.3 is 6.36 Å². The summed E-state index contributed by atoms with van der Waals surface area (Å²) in [6.45, 7) is 9.54. The summed E-state index contributed by atoms with van der Waals surface area (Å²) in [5.41, 5.74) is 18.0. The van der Waals surface area contributed by atoms with Gasteiger partial charge in [-0.3, -0.25) is 0 Å². The Kier molecular flexibility index (Phi) is 32.1. The molecular weight excluding hydrogens is 1670 g/mol. The fourth-order valence-electron chi connectivity index (χ4n) is 11.9. The molecule has 15 aromatic carbocycles.